The van der Waals surface area contributed by atoms with Crippen molar-refractivity contribution in [3.63, 3.8) is 0 Å². The molecule has 2 aliphatic rings. The van der Waals surface area contributed by atoms with Crippen LogP contribution in [0.5, 0.6) is 0 Å². The minimum absolute atomic E-state index is 0.490. The molecule has 0 amide bonds. The van der Waals surface area contributed by atoms with Crippen molar-refractivity contribution < 1.29 is 0 Å². The van der Waals surface area contributed by atoms with Crippen LogP contribution in [0.4, 0.5) is 0 Å². The van der Waals surface area contributed by atoms with E-state index in [1.54, 1.807) is 12.4 Å². The van der Waals surface area contributed by atoms with E-state index in [0.29, 0.717) is 5.92 Å². The molecule has 3 rings (SSSR count). The van der Waals surface area contributed by atoms with Gasteiger partial charge in [0.1, 0.15) is 0 Å². The molecule has 11 heavy (non-hydrogen) atoms. The number of rotatable bonds is 0. The minimum atomic E-state index is 0.490. The molecule has 0 N–H and O–H groups in total. The molecule has 0 fully saturated rings. The summed E-state index contributed by atoms with van der Waals surface area (Å²) in [5.41, 5.74) is 3.53. The quantitative estimate of drug-likeness (QED) is 0.549. The van der Waals surface area contributed by atoms with Gasteiger partial charge in [0.2, 0.25) is 0 Å². The highest BCUT2D eigenvalue weighted by Gasteiger charge is 2.30. The van der Waals surface area contributed by atoms with E-state index >= 15 is 0 Å². The smallest absolute Gasteiger partial charge is 0.0854 e. The number of hydrogen-bond acceptors (Lipinski definition) is 2. The molecule has 0 radical (unpaired) electrons. The summed E-state index contributed by atoms with van der Waals surface area (Å²) < 4.78 is 0. The molecular formula is C9H6N2. The summed E-state index contributed by atoms with van der Waals surface area (Å²) in [6, 6.07) is 0. The van der Waals surface area contributed by atoms with Gasteiger partial charge in [-0.2, -0.15) is 0 Å². The standard InChI is InChI=1S/C9H6N2/c1-2-8-9(7-5-6(1)7)11-4-3-10-8/h1-5,7H. The van der Waals surface area contributed by atoms with Crippen molar-refractivity contribution in [1.82, 2.24) is 9.97 Å². The minimum Gasteiger partial charge on any atom is -0.256 e. The van der Waals surface area contributed by atoms with Crippen LogP contribution in [0.2, 0.25) is 0 Å². The Morgan fingerprint density at radius 3 is 3.00 bits per heavy atom. The zero-order valence-electron chi connectivity index (χ0n) is 5.86. The number of aromatic nitrogens is 2. The lowest BCUT2D eigenvalue weighted by Gasteiger charge is -2.05. The van der Waals surface area contributed by atoms with Crippen molar-refractivity contribution >= 4 is 6.08 Å². The molecule has 1 unspecified atom stereocenters. The van der Waals surface area contributed by atoms with Crippen molar-refractivity contribution in [3.05, 3.63) is 41.5 Å². The Morgan fingerprint density at radius 2 is 2.00 bits per heavy atom. The zero-order chi connectivity index (χ0) is 7.26. The Morgan fingerprint density at radius 1 is 1.09 bits per heavy atom. The third kappa shape index (κ3) is 0.611. The molecule has 1 aromatic rings. The third-order valence-corrected chi connectivity index (χ3v) is 2.09. The van der Waals surface area contributed by atoms with E-state index in [2.05, 4.69) is 22.1 Å². The van der Waals surface area contributed by atoms with Gasteiger partial charge in [0, 0.05) is 18.3 Å². The van der Waals surface area contributed by atoms with Gasteiger partial charge in [-0.3, -0.25) is 9.97 Å². The van der Waals surface area contributed by atoms with E-state index in [1.807, 2.05) is 6.08 Å². The van der Waals surface area contributed by atoms with E-state index in [-0.39, 0.29) is 0 Å². The van der Waals surface area contributed by atoms with Gasteiger partial charge in [-0.25, -0.2) is 0 Å². The second kappa shape index (κ2) is 1.59. The molecule has 0 aliphatic heterocycles. The van der Waals surface area contributed by atoms with Crippen molar-refractivity contribution in [2.75, 3.05) is 0 Å². The maximum absolute atomic E-state index is 4.28. The Kier molecular flexibility index (Phi) is 0.756. The highest BCUT2D eigenvalue weighted by Crippen LogP contribution is 2.43. The molecule has 52 valence electrons. The highest BCUT2D eigenvalue weighted by molar-refractivity contribution is 5.67. The molecule has 2 nitrogen and oxygen atoms in total. The van der Waals surface area contributed by atoms with Gasteiger partial charge >= 0.3 is 0 Å². The van der Waals surface area contributed by atoms with Crippen LogP contribution in [0.3, 0.4) is 0 Å². The van der Waals surface area contributed by atoms with Crippen LogP contribution in [-0.4, -0.2) is 9.97 Å². The predicted molar refractivity (Wildman–Crippen MR) is 41.9 cm³/mol. The fourth-order valence-corrected chi connectivity index (χ4v) is 1.44. The first kappa shape index (κ1) is 5.24. The third-order valence-electron chi connectivity index (χ3n) is 2.09. The van der Waals surface area contributed by atoms with Crippen LogP contribution in [0, 0.1) is 0 Å². The summed E-state index contributed by atoms with van der Waals surface area (Å²) in [7, 11) is 0. The Hall–Kier alpha value is -1.44. The number of hydrogen-bond donors (Lipinski definition) is 0. The molecule has 0 spiro atoms. The largest absolute Gasteiger partial charge is 0.256 e. The van der Waals surface area contributed by atoms with Gasteiger partial charge in [-0.15, -0.1) is 0 Å². The molecule has 1 heterocycles. The van der Waals surface area contributed by atoms with E-state index in [9.17, 15) is 0 Å². The van der Waals surface area contributed by atoms with Crippen LogP contribution in [0.25, 0.3) is 6.08 Å². The second-order valence-electron chi connectivity index (χ2n) is 2.80. The van der Waals surface area contributed by atoms with Crippen molar-refractivity contribution in [2.24, 2.45) is 0 Å². The SMILES string of the molecule is C1=Cc2nccnc2C2C=C12. The highest BCUT2D eigenvalue weighted by atomic mass is 14.8. The van der Waals surface area contributed by atoms with Crippen LogP contribution in [-0.2, 0) is 0 Å². The maximum atomic E-state index is 4.28. The average molecular weight is 142 g/mol. The summed E-state index contributed by atoms with van der Waals surface area (Å²) in [5, 5.41) is 0. The Labute approximate surface area is 64.3 Å². The summed E-state index contributed by atoms with van der Waals surface area (Å²) in [4.78, 5) is 8.49. The van der Waals surface area contributed by atoms with E-state index in [4.69, 9.17) is 0 Å². The molecule has 0 saturated carbocycles. The lowest BCUT2D eigenvalue weighted by molar-refractivity contribution is 1.00. The van der Waals surface area contributed by atoms with Crippen LogP contribution < -0.4 is 0 Å². The van der Waals surface area contributed by atoms with Crippen LogP contribution >= 0.6 is 0 Å². The van der Waals surface area contributed by atoms with E-state index in [1.165, 1.54) is 5.57 Å². The molecule has 1 aromatic heterocycles. The second-order valence-corrected chi connectivity index (χ2v) is 2.80. The zero-order valence-corrected chi connectivity index (χ0v) is 5.86. The Balaban J connectivity index is 2.26. The number of allylic oxidation sites excluding steroid dienone is 3. The number of fused-ring (bicyclic) bond motifs is 3. The first-order valence-electron chi connectivity index (χ1n) is 3.66. The van der Waals surface area contributed by atoms with E-state index in [0.717, 1.165) is 11.4 Å². The summed E-state index contributed by atoms with van der Waals surface area (Å²) in [6.07, 6.45) is 9.83. The monoisotopic (exact) mass is 142 g/mol. The normalized spacial score (nSPS) is 23.6. The fourth-order valence-electron chi connectivity index (χ4n) is 1.44. The Bertz CT molecular complexity index is 377. The van der Waals surface area contributed by atoms with Crippen molar-refractivity contribution in [2.45, 2.75) is 5.92 Å². The van der Waals surface area contributed by atoms with Gasteiger partial charge in [0.15, 0.2) is 0 Å². The van der Waals surface area contributed by atoms with Gasteiger partial charge < -0.3 is 0 Å². The molecule has 0 aromatic carbocycles. The summed E-state index contributed by atoms with van der Waals surface area (Å²) in [5.74, 6) is 0.490. The first-order chi connectivity index (χ1) is 5.45. The van der Waals surface area contributed by atoms with E-state index < -0.39 is 0 Å². The van der Waals surface area contributed by atoms with Crippen molar-refractivity contribution in [1.29, 1.82) is 0 Å². The number of nitrogens with zero attached hydrogens (tertiary/aromatic N) is 2. The first-order valence-corrected chi connectivity index (χ1v) is 3.66. The predicted octanol–water partition coefficient (Wildman–Crippen LogP) is 1.53. The van der Waals surface area contributed by atoms with Crippen molar-refractivity contribution in [3.8, 4) is 0 Å². The van der Waals surface area contributed by atoms with Gasteiger partial charge in [-0.05, 0) is 11.6 Å². The fraction of sp³-hybridized carbons (Fsp3) is 0.111. The van der Waals surface area contributed by atoms with Gasteiger partial charge in [0.25, 0.3) is 0 Å². The molecule has 2 aliphatic carbocycles. The van der Waals surface area contributed by atoms with Gasteiger partial charge in [-0.1, -0.05) is 12.2 Å². The molecular weight excluding hydrogens is 136 g/mol. The topological polar surface area (TPSA) is 25.8 Å². The molecule has 0 saturated heterocycles. The molecule has 0 bridgehead atoms. The lowest BCUT2D eigenvalue weighted by Crippen LogP contribution is -1.98. The summed E-state index contributed by atoms with van der Waals surface area (Å²) >= 11 is 0. The maximum Gasteiger partial charge on any atom is 0.0854 e. The average Bonchev–Trinajstić information content (AvgIpc) is 2.83. The van der Waals surface area contributed by atoms with Crippen LogP contribution in [0.15, 0.2) is 30.1 Å². The summed E-state index contributed by atoms with van der Waals surface area (Å²) in [6.45, 7) is 0. The molecule has 2 heteroatoms. The van der Waals surface area contributed by atoms with Gasteiger partial charge in [0.05, 0.1) is 11.4 Å². The molecule has 1 atom stereocenters. The lowest BCUT2D eigenvalue weighted by atomic mass is 10.1. The van der Waals surface area contributed by atoms with Crippen LogP contribution in [0.1, 0.15) is 17.3 Å².